The second-order valence-corrected chi connectivity index (χ2v) is 15.9. The molecule has 0 aliphatic carbocycles. The highest BCUT2D eigenvalue weighted by Crippen LogP contribution is 2.43. The van der Waals surface area contributed by atoms with Gasteiger partial charge in [-0.15, -0.1) is 21.6 Å². The van der Waals surface area contributed by atoms with Crippen LogP contribution in [0.5, 0.6) is 5.75 Å². The van der Waals surface area contributed by atoms with Crippen molar-refractivity contribution in [3.63, 3.8) is 0 Å². The molecule has 1 saturated heterocycles. The standard InChI is InChI=1S/C39H50N4O3S2/c1-8-10-11-12-25-46-30-21-15-27(16-22-30)34(36(44)45-7)31(14-9-2)32-26-33-35(47-32)40-37(48-33)42-41-28-17-19-29(20-18-28)43-38(3,4)23-13-24-39(43,5)6/h15-22,26H,8-14,23-25H2,1-7H3/b34-31-,42-41?. The van der Waals surface area contributed by atoms with Crippen LogP contribution >= 0.6 is 22.7 Å². The lowest BCUT2D eigenvalue weighted by Crippen LogP contribution is -2.58. The molecule has 1 aliphatic rings. The van der Waals surface area contributed by atoms with Crippen molar-refractivity contribution in [1.29, 1.82) is 0 Å². The van der Waals surface area contributed by atoms with E-state index >= 15 is 0 Å². The molecule has 1 fully saturated rings. The Hall–Kier alpha value is -3.56. The van der Waals surface area contributed by atoms with E-state index in [1.54, 1.807) is 11.3 Å². The van der Waals surface area contributed by atoms with Gasteiger partial charge in [-0.1, -0.05) is 63.0 Å². The monoisotopic (exact) mass is 686 g/mol. The number of methoxy groups -OCH3 is 1. The van der Waals surface area contributed by atoms with Gasteiger partial charge in [-0.3, -0.25) is 0 Å². The zero-order valence-corrected chi connectivity index (χ0v) is 31.2. The van der Waals surface area contributed by atoms with Crippen LogP contribution in [0.1, 0.15) is 110 Å². The second-order valence-electron chi connectivity index (χ2n) is 13.8. The summed E-state index contributed by atoms with van der Waals surface area (Å²) in [6.07, 6.45) is 9.88. The summed E-state index contributed by atoms with van der Waals surface area (Å²) in [4.78, 5) is 22.5. The number of thiazole rings is 1. The van der Waals surface area contributed by atoms with Crippen LogP contribution in [0.15, 0.2) is 64.8 Å². The number of anilines is 1. The fourth-order valence-corrected chi connectivity index (χ4v) is 9.07. The lowest BCUT2D eigenvalue weighted by Gasteiger charge is -2.54. The van der Waals surface area contributed by atoms with E-state index in [1.165, 1.54) is 62.7 Å². The number of hydrogen-bond acceptors (Lipinski definition) is 9. The third-order valence-corrected chi connectivity index (χ3v) is 11.2. The van der Waals surface area contributed by atoms with Crippen LogP contribution in [0, 0.1) is 0 Å². The smallest absolute Gasteiger partial charge is 0.338 e. The number of azo groups is 1. The number of piperidine rings is 1. The summed E-state index contributed by atoms with van der Waals surface area (Å²) in [7, 11) is 1.44. The van der Waals surface area contributed by atoms with Gasteiger partial charge < -0.3 is 14.4 Å². The van der Waals surface area contributed by atoms with Crippen LogP contribution in [0.25, 0.3) is 20.7 Å². The number of allylic oxidation sites excluding steroid dienone is 1. The van der Waals surface area contributed by atoms with Gasteiger partial charge in [0.05, 0.1) is 29.7 Å². The molecule has 0 spiro atoms. The van der Waals surface area contributed by atoms with Crippen LogP contribution in [0.3, 0.4) is 0 Å². The Morgan fingerprint density at radius 3 is 2.23 bits per heavy atom. The summed E-state index contributed by atoms with van der Waals surface area (Å²) in [6, 6.07) is 18.3. The number of ether oxygens (including phenoxy) is 2. The van der Waals surface area contributed by atoms with Crippen molar-refractivity contribution >= 4 is 65.8 Å². The van der Waals surface area contributed by atoms with Gasteiger partial charge in [-0.25, -0.2) is 9.78 Å². The second kappa shape index (κ2) is 15.8. The number of unbranched alkanes of at least 4 members (excludes halogenated alkanes) is 3. The van der Waals surface area contributed by atoms with Crippen LogP contribution in [0.4, 0.5) is 16.5 Å². The normalized spacial score (nSPS) is 16.4. The summed E-state index contributed by atoms with van der Waals surface area (Å²) < 4.78 is 12.3. The summed E-state index contributed by atoms with van der Waals surface area (Å²) in [5, 5.41) is 9.62. The zero-order valence-electron chi connectivity index (χ0n) is 29.6. The van der Waals surface area contributed by atoms with Crippen molar-refractivity contribution in [2.45, 2.75) is 110 Å². The number of thiophene rings is 1. The molecule has 48 heavy (non-hydrogen) atoms. The van der Waals surface area contributed by atoms with Gasteiger partial charge >= 0.3 is 5.97 Å². The number of esters is 1. The van der Waals surface area contributed by atoms with Crippen molar-refractivity contribution in [2.75, 3.05) is 18.6 Å². The molecule has 1 aliphatic heterocycles. The van der Waals surface area contributed by atoms with Gasteiger partial charge in [0, 0.05) is 21.6 Å². The molecule has 2 aromatic heterocycles. The fourth-order valence-electron chi connectivity index (χ4n) is 6.96. The van der Waals surface area contributed by atoms with Crippen molar-refractivity contribution in [3.05, 3.63) is 65.0 Å². The minimum atomic E-state index is -0.343. The SMILES string of the molecule is CCCCCCOc1ccc(/C(C(=O)OC)=C(\CCC)c2cc3sc(N=Nc4ccc(N5C(C)(C)CCCC5(C)C)cc4)nc3s2)cc1. The van der Waals surface area contributed by atoms with E-state index in [2.05, 4.69) is 74.9 Å². The molecule has 0 unspecified atom stereocenters. The molecule has 0 amide bonds. The highest BCUT2D eigenvalue weighted by atomic mass is 32.1. The van der Waals surface area contributed by atoms with E-state index in [9.17, 15) is 4.79 Å². The summed E-state index contributed by atoms with van der Waals surface area (Å²) in [6.45, 7) is 14.4. The fraction of sp³-hybridized carbons (Fsp3) is 0.487. The molecular formula is C39H50N4O3S2. The number of benzene rings is 2. The van der Waals surface area contributed by atoms with Gasteiger partial charge in [0.25, 0.3) is 0 Å². The lowest BCUT2D eigenvalue weighted by atomic mass is 9.79. The van der Waals surface area contributed by atoms with Crippen molar-refractivity contribution in [2.24, 2.45) is 10.2 Å². The summed E-state index contributed by atoms with van der Waals surface area (Å²) in [5.41, 5.74) is 4.60. The van der Waals surface area contributed by atoms with Crippen LogP contribution < -0.4 is 9.64 Å². The van der Waals surface area contributed by atoms with Gasteiger partial charge in [0.15, 0.2) is 0 Å². The quantitative estimate of drug-likeness (QED) is 0.0571. The van der Waals surface area contributed by atoms with Gasteiger partial charge in [0.1, 0.15) is 10.6 Å². The van der Waals surface area contributed by atoms with E-state index < -0.39 is 0 Å². The van der Waals surface area contributed by atoms with Crippen LogP contribution in [-0.4, -0.2) is 35.7 Å². The van der Waals surface area contributed by atoms with E-state index in [1.807, 2.05) is 36.4 Å². The number of carbonyl (C=O) groups excluding carboxylic acids is 1. The zero-order chi connectivity index (χ0) is 34.3. The van der Waals surface area contributed by atoms with Crippen LogP contribution in [0.2, 0.25) is 0 Å². The van der Waals surface area contributed by atoms with E-state index in [4.69, 9.17) is 14.5 Å². The Kier molecular flexibility index (Phi) is 11.7. The van der Waals surface area contributed by atoms with Crippen molar-refractivity contribution < 1.29 is 14.3 Å². The minimum absolute atomic E-state index is 0.104. The predicted octanol–water partition coefficient (Wildman–Crippen LogP) is 12.2. The lowest BCUT2D eigenvalue weighted by molar-refractivity contribution is -0.133. The summed E-state index contributed by atoms with van der Waals surface area (Å²) in [5.74, 6) is 0.467. The molecule has 256 valence electrons. The average Bonchev–Trinajstić information content (AvgIpc) is 3.63. The molecule has 7 nitrogen and oxygen atoms in total. The van der Waals surface area contributed by atoms with E-state index in [0.29, 0.717) is 17.3 Å². The predicted molar refractivity (Wildman–Crippen MR) is 202 cm³/mol. The number of rotatable bonds is 14. The molecular weight excluding hydrogens is 637 g/mol. The molecule has 0 atom stereocenters. The first-order valence-electron chi connectivity index (χ1n) is 17.3. The van der Waals surface area contributed by atoms with E-state index in [0.717, 1.165) is 56.2 Å². The molecule has 2 aromatic carbocycles. The number of carbonyl (C=O) groups is 1. The maximum absolute atomic E-state index is 13.2. The largest absolute Gasteiger partial charge is 0.494 e. The maximum atomic E-state index is 13.2. The molecule has 9 heteroatoms. The number of nitrogens with zero attached hydrogens (tertiary/aromatic N) is 4. The first kappa shape index (κ1) is 35.7. The molecule has 4 aromatic rings. The first-order chi connectivity index (χ1) is 23.1. The Morgan fingerprint density at radius 2 is 1.60 bits per heavy atom. The van der Waals surface area contributed by atoms with Crippen molar-refractivity contribution in [1.82, 2.24) is 4.98 Å². The first-order valence-corrected chi connectivity index (χ1v) is 19.0. The van der Waals surface area contributed by atoms with Gasteiger partial charge in [-0.2, -0.15) is 0 Å². The van der Waals surface area contributed by atoms with Crippen LogP contribution in [-0.2, 0) is 9.53 Å². The molecule has 0 N–H and O–H groups in total. The Labute approximate surface area is 294 Å². The summed E-state index contributed by atoms with van der Waals surface area (Å²) >= 11 is 3.09. The van der Waals surface area contributed by atoms with Gasteiger partial charge in [0.2, 0.25) is 5.13 Å². The number of hydrogen-bond donors (Lipinski definition) is 0. The molecule has 0 radical (unpaired) electrons. The minimum Gasteiger partial charge on any atom is -0.494 e. The Morgan fingerprint density at radius 1 is 0.896 bits per heavy atom. The Bertz CT molecular complexity index is 1690. The molecule has 5 rings (SSSR count). The highest BCUT2D eigenvalue weighted by molar-refractivity contribution is 7.29. The van der Waals surface area contributed by atoms with Gasteiger partial charge in [-0.05, 0) is 113 Å². The average molecular weight is 687 g/mol. The third-order valence-electron chi connectivity index (χ3n) is 9.12. The molecule has 0 saturated carbocycles. The topological polar surface area (TPSA) is 76.4 Å². The Balaban J connectivity index is 1.35. The molecule has 3 heterocycles. The highest BCUT2D eigenvalue weighted by Gasteiger charge is 2.41. The van der Waals surface area contributed by atoms with E-state index in [-0.39, 0.29) is 17.0 Å². The maximum Gasteiger partial charge on any atom is 0.338 e. The number of fused-ring (bicyclic) bond motifs is 1. The number of aromatic nitrogens is 1. The van der Waals surface area contributed by atoms with Crippen molar-refractivity contribution in [3.8, 4) is 5.75 Å². The molecule has 0 bridgehead atoms. The third kappa shape index (κ3) is 8.35.